The number of halogens is 2. The molecule has 4 aromatic rings. The molecule has 2 atom stereocenters. The van der Waals surface area contributed by atoms with Gasteiger partial charge in [-0.05, 0) is 65.6 Å². The van der Waals surface area contributed by atoms with Crippen molar-refractivity contribution >= 4 is 46.6 Å². The molecule has 2 bridgehead atoms. The van der Waals surface area contributed by atoms with Crippen molar-refractivity contribution in [1.82, 2.24) is 4.90 Å². The fourth-order valence-electron chi connectivity index (χ4n) is 6.57. The minimum Gasteiger partial charge on any atom is -0.457 e. The maximum Gasteiger partial charge on any atom is 0.244 e. The number of nitrogens with one attached hydrogen (secondary N) is 1. The highest BCUT2D eigenvalue weighted by atomic mass is 35.5. The third kappa shape index (κ3) is 3.67. The van der Waals surface area contributed by atoms with Crippen LogP contribution in [-0.4, -0.2) is 29.2 Å². The number of rotatable bonds is 5. The van der Waals surface area contributed by atoms with Gasteiger partial charge in [-0.1, -0.05) is 66.2 Å². The number of aryl methyl sites for hydroxylation is 1. The Morgan fingerprint density at radius 3 is 1.59 bits per heavy atom. The van der Waals surface area contributed by atoms with Crippen molar-refractivity contribution in [1.29, 1.82) is 0 Å². The lowest BCUT2D eigenvalue weighted by Gasteiger charge is -2.54. The average molecular weight is 583 g/mol. The molecule has 4 aromatic carbocycles. The normalized spacial score (nSPS) is 25.4. The molecule has 3 aliphatic carbocycles. The number of likely N-dealkylation sites (tertiary alicyclic amines) is 1. The number of imide groups is 1. The highest BCUT2D eigenvalue weighted by Gasteiger charge is 2.73. The third-order valence-corrected chi connectivity index (χ3v) is 9.66. The first kappa shape index (κ1) is 25.8. The fourth-order valence-corrected chi connectivity index (χ4v) is 7.67. The molecule has 1 aliphatic heterocycles. The fraction of sp³-hybridized carbons (Fsp3) is 0.182. The Bertz CT molecular complexity index is 1610. The van der Waals surface area contributed by atoms with Gasteiger partial charge in [0, 0.05) is 5.69 Å². The van der Waals surface area contributed by atoms with E-state index < -0.39 is 45.9 Å². The van der Waals surface area contributed by atoms with Crippen molar-refractivity contribution in [3.8, 4) is 11.5 Å². The number of benzene rings is 4. The zero-order valence-corrected chi connectivity index (χ0v) is 23.4. The standard InChI is InChI=1S/C33H24Cl2N2O4/c1-19-10-14-21(15-11-19)41-22-16-12-20(13-17-22)36-27(38)18-37-30(39)28-29(31(37)40)33(35)24-7-3-2-6-23(24)32(28,34)25-8-4-5-9-26(25)33/h2-17,28-29H,18H2,1H3,(H,36,38)/t28-,29+,32?,33?. The predicted octanol–water partition coefficient (Wildman–Crippen LogP) is 6.32. The Morgan fingerprint density at radius 1 is 0.732 bits per heavy atom. The molecule has 1 N–H and O–H groups in total. The summed E-state index contributed by atoms with van der Waals surface area (Å²) in [7, 11) is 0. The molecule has 1 saturated heterocycles. The average Bonchev–Trinajstić information content (AvgIpc) is 3.24. The minimum atomic E-state index is -1.28. The van der Waals surface area contributed by atoms with Gasteiger partial charge in [0.25, 0.3) is 0 Å². The van der Waals surface area contributed by atoms with Crippen LogP contribution in [0.4, 0.5) is 5.69 Å². The monoisotopic (exact) mass is 582 g/mol. The number of anilines is 1. The molecular weight excluding hydrogens is 559 g/mol. The van der Waals surface area contributed by atoms with E-state index in [1.807, 2.05) is 79.7 Å². The molecule has 41 heavy (non-hydrogen) atoms. The summed E-state index contributed by atoms with van der Waals surface area (Å²) in [5, 5.41) is 2.77. The first-order chi connectivity index (χ1) is 19.7. The molecule has 3 amide bonds. The summed E-state index contributed by atoms with van der Waals surface area (Å²) in [6.45, 7) is 1.56. The first-order valence-corrected chi connectivity index (χ1v) is 14.1. The van der Waals surface area contributed by atoms with Gasteiger partial charge in [0.2, 0.25) is 17.7 Å². The molecule has 1 fully saturated rings. The number of carbonyl (C=O) groups is 3. The Morgan fingerprint density at radius 2 is 1.15 bits per heavy atom. The van der Waals surface area contributed by atoms with Crippen molar-refractivity contribution in [3.05, 3.63) is 125 Å². The summed E-state index contributed by atoms with van der Waals surface area (Å²) in [5.41, 5.74) is 4.52. The van der Waals surface area contributed by atoms with Crippen molar-refractivity contribution < 1.29 is 19.1 Å². The number of hydrogen-bond donors (Lipinski definition) is 1. The molecule has 1 heterocycles. The van der Waals surface area contributed by atoms with Gasteiger partial charge in [0.05, 0.1) is 11.8 Å². The summed E-state index contributed by atoms with van der Waals surface area (Å²) in [6, 6.07) is 29.4. The summed E-state index contributed by atoms with van der Waals surface area (Å²) in [5.74, 6) is -2.08. The maximum atomic E-state index is 13.9. The van der Waals surface area contributed by atoms with Crippen LogP contribution in [0.15, 0.2) is 97.1 Å². The second kappa shape index (κ2) is 9.20. The molecule has 0 aromatic heterocycles. The van der Waals surface area contributed by atoms with E-state index >= 15 is 0 Å². The first-order valence-electron chi connectivity index (χ1n) is 13.3. The topological polar surface area (TPSA) is 75.7 Å². The van der Waals surface area contributed by atoms with Gasteiger partial charge >= 0.3 is 0 Å². The molecule has 0 unspecified atom stereocenters. The number of nitrogens with zero attached hydrogens (tertiary/aromatic N) is 1. The van der Waals surface area contributed by atoms with Gasteiger partial charge < -0.3 is 10.1 Å². The van der Waals surface area contributed by atoms with E-state index in [0.29, 0.717) is 17.2 Å². The van der Waals surface area contributed by atoms with Crippen LogP contribution < -0.4 is 10.1 Å². The highest BCUT2D eigenvalue weighted by Crippen LogP contribution is 2.69. The van der Waals surface area contributed by atoms with Gasteiger partial charge in [-0.3, -0.25) is 19.3 Å². The number of amides is 3. The van der Waals surface area contributed by atoms with Crippen LogP contribution in [0.5, 0.6) is 11.5 Å². The Kier molecular flexibility index (Phi) is 5.79. The largest absolute Gasteiger partial charge is 0.457 e. The maximum absolute atomic E-state index is 13.9. The second-order valence-electron chi connectivity index (χ2n) is 10.7. The van der Waals surface area contributed by atoms with E-state index in [0.717, 1.165) is 32.7 Å². The molecule has 0 spiro atoms. The smallest absolute Gasteiger partial charge is 0.244 e. The number of hydrogen-bond acceptors (Lipinski definition) is 4. The molecule has 4 aliphatic rings. The molecule has 8 heteroatoms. The van der Waals surface area contributed by atoms with E-state index in [2.05, 4.69) is 5.32 Å². The lowest BCUT2D eigenvalue weighted by molar-refractivity contribution is -0.142. The molecule has 8 rings (SSSR count). The van der Waals surface area contributed by atoms with Crippen LogP contribution in [0.25, 0.3) is 0 Å². The number of carbonyl (C=O) groups excluding carboxylic acids is 3. The van der Waals surface area contributed by atoms with Gasteiger partial charge in [0.15, 0.2) is 0 Å². The molecule has 204 valence electrons. The van der Waals surface area contributed by atoms with Crippen LogP contribution >= 0.6 is 23.2 Å². The van der Waals surface area contributed by atoms with Crippen LogP contribution in [0.3, 0.4) is 0 Å². The van der Waals surface area contributed by atoms with Crippen LogP contribution in [-0.2, 0) is 24.1 Å². The highest BCUT2D eigenvalue weighted by molar-refractivity contribution is 6.36. The van der Waals surface area contributed by atoms with E-state index in [4.69, 9.17) is 27.9 Å². The van der Waals surface area contributed by atoms with Crippen LogP contribution in [0.1, 0.15) is 27.8 Å². The summed E-state index contributed by atoms with van der Waals surface area (Å²) in [4.78, 5) is 39.3. The Labute approximate surface area is 246 Å². The summed E-state index contributed by atoms with van der Waals surface area (Å²) < 4.78 is 5.85. The predicted molar refractivity (Wildman–Crippen MR) is 156 cm³/mol. The number of ether oxygens (including phenoxy) is 1. The van der Waals surface area contributed by atoms with Crippen LogP contribution in [0.2, 0.25) is 0 Å². The van der Waals surface area contributed by atoms with E-state index in [9.17, 15) is 14.4 Å². The lowest BCUT2D eigenvalue weighted by Crippen LogP contribution is -2.57. The second-order valence-corrected chi connectivity index (χ2v) is 11.9. The number of alkyl halides is 2. The van der Waals surface area contributed by atoms with E-state index in [1.54, 1.807) is 24.3 Å². The van der Waals surface area contributed by atoms with E-state index in [-0.39, 0.29) is 0 Å². The van der Waals surface area contributed by atoms with Gasteiger partial charge in [0.1, 0.15) is 27.8 Å². The lowest BCUT2D eigenvalue weighted by atomic mass is 9.54. The van der Waals surface area contributed by atoms with Crippen molar-refractivity contribution in [2.45, 2.75) is 16.7 Å². The van der Waals surface area contributed by atoms with Crippen molar-refractivity contribution in [2.24, 2.45) is 11.8 Å². The van der Waals surface area contributed by atoms with Gasteiger partial charge in [-0.15, -0.1) is 23.2 Å². The SMILES string of the molecule is Cc1ccc(Oc2ccc(NC(=O)CN3C(=O)[C@@H]4[C@H](C3=O)C3(Cl)c5ccccc5C4(Cl)c4ccccc43)cc2)cc1. The van der Waals surface area contributed by atoms with Gasteiger partial charge in [-0.2, -0.15) is 0 Å². The summed E-state index contributed by atoms with van der Waals surface area (Å²) >= 11 is 14.8. The Balaban J connectivity index is 1.14. The molecule has 0 radical (unpaired) electrons. The molecular formula is C33H24Cl2N2O4. The summed E-state index contributed by atoms with van der Waals surface area (Å²) in [6.07, 6.45) is 0. The Hall–Kier alpha value is -4.13. The molecule has 6 nitrogen and oxygen atoms in total. The minimum absolute atomic E-state index is 0.446. The van der Waals surface area contributed by atoms with Crippen molar-refractivity contribution in [3.63, 3.8) is 0 Å². The van der Waals surface area contributed by atoms with Crippen LogP contribution in [0, 0.1) is 18.8 Å². The van der Waals surface area contributed by atoms with Crippen molar-refractivity contribution in [2.75, 3.05) is 11.9 Å². The zero-order chi connectivity index (χ0) is 28.5. The third-order valence-electron chi connectivity index (χ3n) is 8.37. The molecule has 0 saturated carbocycles. The van der Waals surface area contributed by atoms with Gasteiger partial charge in [-0.25, -0.2) is 0 Å². The quantitative estimate of drug-likeness (QED) is 0.221. The van der Waals surface area contributed by atoms with E-state index in [1.165, 1.54) is 0 Å². The zero-order valence-electron chi connectivity index (χ0n) is 21.9.